The smallest absolute Gasteiger partial charge is 0.272 e. The van der Waals surface area contributed by atoms with Crippen LogP contribution in [0.5, 0.6) is 0 Å². The van der Waals surface area contributed by atoms with Crippen molar-refractivity contribution in [3.8, 4) is 0 Å². The van der Waals surface area contributed by atoms with Crippen molar-refractivity contribution < 1.29 is 4.79 Å². The monoisotopic (exact) mass is 354 g/mol. The van der Waals surface area contributed by atoms with Crippen LogP contribution in [0, 0.1) is 0 Å². The van der Waals surface area contributed by atoms with E-state index in [-0.39, 0.29) is 30.7 Å². The van der Waals surface area contributed by atoms with E-state index in [9.17, 15) is 4.79 Å². The maximum Gasteiger partial charge on any atom is 0.272 e. The molecule has 1 saturated heterocycles. The van der Waals surface area contributed by atoms with Crippen molar-refractivity contribution in [1.82, 2.24) is 9.88 Å². The van der Waals surface area contributed by atoms with Crippen LogP contribution in [0.2, 0.25) is 0 Å². The number of nitrogens with two attached hydrogens (primary N) is 1. The number of halogens is 2. The SMILES string of the molecule is Cl.Cl.Nc1ccc(C(=O)N2CCN(c3ccccc3)CC2)nc1. The van der Waals surface area contributed by atoms with E-state index in [1.165, 1.54) is 11.9 Å². The lowest BCUT2D eigenvalue weighted by Gasteiger charge is -2.36. The number of piperazine rings is 1. The quantitative estimate of drug-likeness (QED) is 0.899. The van der Waals surface area contributed by atoms with E-state index in [1.54, 1.807) is 12.1 Å². The van der Waals surface area contributed by atoms with Crippen LogP contribution in [0.25, 0.3) is 0 Å². The number of rotatable bonds is 2. The fourth-order valence-corrected chi connectivity index (χ4v) is 2.50. The first kappa shape index (κ1) is 19.1. The zero-order valence-electron chi connectivity index (χ0n) is 12.6. The molecule has 124 valence electrons. The molecule has 23 heavy (non-hydrogen) atoms. The van der Waals surface area contributed by atoms with Crippen molar-refractivity contribution >= 4 is 42.1 Å². The Kier molecular flexibility index (Phi) is 7.13. The molecule has 1 aliphatic rings. The van der Waals surface area contributed by atoms with Crippen molar-refractivity contribution in [2.24, 2.45) is 0 Å². The van der Waals surface area contributed by atoms with Gasteiger partial charge in [-0.15, -0.1) is 24.8 Å². The summed E-state index contributed by atoms with van der Waals surface area (Å²) in [7, 11) is 0. The van der Waals surface area contributed by atoms with E-state index in [2.05, 4.69) is 22.0 Å². The molecular weight excluding hydrogens is 335 g/mol. The normalized spacial score (nSPS) is 13.7. The highest BCUT2D eigenvalue weighted by atomic mass is 35.5. The minimum absolute atomic E-state index is 0. The van der Waals surface area contributed by atoms with Crippen LogP contribution in [0.15, 0.2) is 48.7 Å². The Morgan fingerprint density at radius 2 is 1.61 bits per heavy atom. The first-order valence-electron chi connectivity index (χ1n) is 7.05. The number of hydrogen-bond donors (Lipinski definition) is 1. The largest absolute Gasteiger partial charge is 0.397 e. The van der Waals surface area contributed by atoms with Crippen LogP contribution in [0.4, 0.5) is 11.4 Å². The lowest BCUT2D eigenvalue weighted by molar-refractivity contribution is 0.0741. The highest BCUT2D eigenvalue weighted by molar-refractivity contribution is 5.92. The summed E-state index contributed by atoms with van der Waals surface area (Å²) in [6, 6.07) is 13.7. The molecule has 2 aromatic rings. The molecular formula is C16H20Cl2N4O. The molecule has 5 nitrogen and oxygen atoms in total. The summed E-state index contributed by atoms with van der Waals surface area (Å²) in [5.74, 6) is -0.0253. The van der Waals surface area contributed by atoms with Gasteiger partial charge in [0.25, 0.3) is 5.91 Å². The van der Waals surface area contributed by atoms with E-state index in [0.29, 0.717) is 24.5 Å². The van der Waals surface area contributed by atoms with Gasteiger partial charge >= 0.3 is 0 Å². The standard InChI is InChI=1S/C16H18N4O.2ClH/c17-13-6-7-15(18-12-13)16(21)20-10-8-19(9-11-20)14-4-2-1-3-5-14;;/h1-7,12H,8-11,17H2;2*1H. The fraction of sp³-hybridized carbons (Fsp3) is 0.250. The van der Waals surface area contributed by atoms with E-state index in [0.717, 1.165) is 13.1 Å². The summed E-state index contributed by atoms with van der Waals surface area (Å²) in [6.07, 6.45) is 1.52. The number of pyridine rings is 1. The summed E-state index contributed by atoms with van der Waals surface area (Å²) >= 11 is 0. The van der Waals surface area contributed by atoms with Gasteiger partial charge in [-0.25, -0.2) is 4.98 Å². The first-order valence-corrected chi connectivity index (χ1v) is 7.05. The van der Waals surface area contributed by atoms with Crippen molar-refractivity contribution in [2.45, 2.75) is 0 Å². The van der Waals surface area contributed by atoms with Gasteiger partial charge in [-0.2, -0.15) is 0 Å². The average Bonchev–Trinajstić information content (AvgIpc) is 2.56. The van der Waals surface area contributed by atoms with Gasteiger partial charge in [0.05, 0.1) is 11.9 Å². The highest BCUT2D eigenvalue weighted by Gasteiger charge is 2.22. The topological polar surface area (TPSA) is 62.5 Å². The van der Waals surface area contributed by atoms with Gasteiger partial charge in [0, 0.05) is 31.9 Å². The molecule has 0 bridgehead atoms. The highest BCUT2D eigenvalue weighted by Crippen LogP contribution is 2.16. The summed E-state index contributed by atoms with van der Waals surface area (Å²) < 4.78 is 0. The zero-order valence-corrected chi connectivity index (χ0v) is 14.2. The lowest BCUT2D eigenvalue weighted by Crippen LogP contribution is -2.49. The number of anilines is 2. The number of aromatic nitrogens is 1. The number of nitrogen functional groups attached to an aromatic ring is 1. The maximum atomic E-state index is 12.4. The molecule has 3 rings (SSSR count). The fourth-order valence-electron chi connectivity index (χ4n) is 2.50. The van der Waals surface area contributed by atoms with Gasteiger partial charge in [-0.3, -0.25) is 4.79 Å². The van der Waals surface area contributed by atoms with E-state index >= 15 is 0 Å². The minimum atomic E-state index is -0.0253. The minimum Gasteiger partial charge on any atom is -0.397 e. The molecule has 0 radical (unpaired) electrons. The summed E-state index contributed by atoms with van der Waals surface area (Å²) in [5.41, 5.74) is 7.82. The second kappa shape index (κ2) is 8.60. The molecule has 1 fully saturated rings. The zero-order chi connectivity index (χ0) is 14.7. The van der Waals surface area contributed by atoms with E-state index < -0.39 is 0 Å². The molecule has 2 heterocycles. The van der Waals surface area contributed by atoms with Crippen molar-refractivity contribution in [2.75, 3.05) is 36.8 Å². The Hall–Kier alpha value is -1.98. The molecule has 7 heteroatoms. The number of benzene rings is 1. The van der Waals surface area contributed by atoms with Crippen LogP contribution < -0.4 is 10.6 Å². The van der Waals surface area contributed by atoms with E-state index in [1.807, 2.05) is 23.1 Å². The molecule has 1 amide bonds. The van der Waals surface area contributed by atoms with E-state index in [4.69, 9.17) is 5.73 Å². The predicted molar refractivity (Wildman–Crippen MR) is 97.7 cm³/mol. The number of para-hydroxylation sites is 1. The summed E-state index contributed by atoms with van der Waals surface area (Å²) in [6.45, 7) is 3.09. The van der Waals surface area contributed by atoms with Crippen LogP contribution in [0.1, 0.15) is 10.5 Å². The molecule has 1 aliphatic heterocycles. The third kappa shape index (κ3) is 4.50. The molecule has 0 saturated carbocycles. The molecule has 0 unspecified atom stereocenters. The van der Waals surface area contributed by atoms with Gasteiger partial charge in [0.2, 0.25) is 0 Å². The van der Waals surface area contributed by atoms with Gasteiger partial charge in [-0.05, 0) is 24.3 Å². The van der Waals surface area contributed by atoms with Crippen molar-refractivity contribution in [3.63, 3.8) is 0 Å². The second-order valence-corrected chi connectivity index (χ2v) is 5.09. The Bertz CT molecular complexity index is 614. The number of carbonyl (C=O) groups is 1. The predicted octanol–water partition coefficient (Wildman–Crippen LogP) is 2.47. The van der Waals surface area contributed by atoms with Crippen LogP contribution >= 0.6 is 24.8 Å². The maximum absolute atomic E-state index is 12.4. The number of hydrogen-bond acceptors (Lipinski definition) is 4. The third-order valence-corrected chi connectivity index (χ3v) is 3.69. The molecule has 0 atom stereocenters. The Labute approximate surface area is 148 Å². The molecule has 2 N–H and O–H groups in total. The summed E-state index contributed by atoms with van der Waals surface area (Å²) in [5, 5.41) is 0. The Balaban J connectivity index is 0.00000132. The van der Waals surface area contributed by atoms with Crippen molar-refractivity contribution in [1.29, 1.82) is 0 Å². The Morgan fingerprint density at radius 1 is 0.957 bits per heavy atom. The van der Waals surface area contributed by atoms with Crippen LogP contribution in [-0.4, -0.2) is 42.0 Å². The average molecular weight is 355 g/mol. The van der Waals surface area contributed by atoms with Crippen molar-refractivity contribution in [3.05, 3.63) is 54.4 Å². The first-order chi connectivity index (χ1) is 10.2. The van der Waals surface area contributed by atoms with Crippen LogP contribution in [-0.2, 0) is 0 Å². The van der Waals surface area contributed by atoms with Gasteiger partial charge in [-0.1, -0.05) is 18.2 Å². The van der Waals surface area contributed by atoms with Gasteiger partial charge in [0.15, 0.2) is 0 Å². The number of carbonyl (C=O) groups excluding carboxylic acids is 1. The van der Waals surface area contributed by atoms with Gasteiger partial charge in [0.1, 0.15) is 5.69 Å². The Morgan fingerprint density at radius 3 is 2.17 bits per heavy atom. The summed E-state index contributed by atoms with van der Waals surface area (Å²) in [4.78, 5) is 20.6. The van der Waals surface area contributed by atoms with Crippen LogP contribution in [0.3, 0.4) is 0 Å². The lowest BCUT2D eigenvalue weighted by atomic mass is 10.2. The molecule has 1 aromatic carbocycles. The molecule has 1 aromatic heterocycles. The molecule has 0 spiro atoms. The number of nitrogens with zero attached hydrogens (tertiary/aromatic N) is 3. The molecule has 0 aliphatic carbocycles. The second-order valence-electron chi connectivity index (χ2n) is 5.09. The third-order valence-electron chi connectivity index (χ3n) is 3.69. The number of amides is 1. The van der Waals surface area contributed by atoms with Gasteiger partial charge < -0.3 is 15.5 Å².